The molecular weight excluding hydrogens is 430 g/mol. The molecule has 0 unspecified atom stereocenters. The number of nitrogens with one attached hydrogen (secondary N) is 1. The third kappa shape index (κ3) is 4.10. The van der Waals surface area contributed by atoms with E-state index in [1.807, 2.05) is 28.9 Å². The molecular formula is C27H23N3O2S. The van der Waals surface area contributed by atoms with Crippen molar-refractivity contribution in [3.8, 4) is 5.69 Å². The van der Waals surface area contributed by atoms with Crippen molar-refractivity contribution in [2.75, 3.05) is 5.32 Å². The lowest BCUT2D eigenvalue weighted by atomic mass is 10.0. The molecule has 5 rings (SSSR count). The normalized spacial score (nSPS) is 12.4. The van der Waals surface area contributed by atoms with E-state index in [9.17, 15) is 9.59 Å². The van der Waals surface area contributed by atoms with Crippen molar-refractivity contribution < 1.29 is 9.59 Å². The summed E-state index contributed by atoms with van der Waals surface area (Å²) in [5.74, 6) is 2.09. The molecule has 1 aliphatic heterocycles. The molecule has 5 nitrogen and oxygen atoms in total. The summed E-state index contributed by atoms with van der Waals surface area (Å²) in [4.78, 5) is 25.8. The number of carbonyl (C=O) groups is 2. The van der Waals surface area contributed by atoms with Crippen molar-refractivity contribution in [1.82, 2.24) is 9.78 Å². The minimum atomic E-state index is -0.224. The van der Waals surface area contributed by atoms with Gasteiger partial charge in [0.1, 0.15) is 5.82 Å². The molecule has 3 aromatic carbocycles. The molecule has 1 aromatic heterocycles. The summed E-state index contributed by atoms with van der Waals surface area (Å²) >= 11 is 1.79. The van der Waals surface area contributed by atoms with Crippen molar-refractivity contribution in [2.45, 2.75) is 25.4 Å². The van der Waals surface area contributed by atoms with Gasteiger partial charge in [0.2, 0.25) is 0 Å². The highest BCUT2D eigenvalue weighted by Crippen LogP contribution is 2.36. The van der Waals surface area contributed by atoms with E-state index in [0.717, 1.165) is 28.5 Å². The van der Waals surface area contributed by atoms with Gasteiger partial charge in [0.15, 0.2) is 5.78 Å². The molecule has 0 radical (unpaired) electrons. The Morgan fingerprint density at radius 2 is 1.55 bits per heavy atom. The SMILES string of the molecule is Cc1ccc(-n2nc3c(c2NC(=O)c2ccc(C(=O)c4ccccc4)cc2)CSC3)cc1C. The number of rotatable bonds is 5. The van der Waals surface area contributed by atoms with Gasteiger partial charge in [-0.15, -0.1) is 0 Å². The molecule has 164 valence electrons. The van der Waals surface area contributed by atoms with Gasteiger partial charge in [0.25, 0.3) is 5.91 Å². The lowest BCUT2D eigenvalue weighted by Gasteiger charge is -2.12. The number of thioether (sulfide) groups is 1. The van der Waals surface area contributed by atoms with Crippen LogP contribution in [0.1, 0.15) is 48.7 Å². The Morgan fingerprint density at radius 3 is 2.27 bits per heavy atom. The zero-order valence-corrected chi connectivity index (χ0v) is 19.3. The van der Waals surface area contributed by atoms with Crippen LogP contribution >= 0.6 is 11.8 Å². The maximum atomic E-state index is 13.1. The van der Waals surface area contributed by atoms with Gasteiger partial charge in [0, 0.05) is 33.8 Å². The Bertz CT molecular complexity index is 1360. The van der Waals surface area contributed by atoms with Crippen LogP contribution in [0.15, 0.2) is 72.8 Å². The van der Waals surface area contributed by atoms with Gasteiger partial charge >= 0.3 is 0 Å². The summed E-state index contributed by atoms with van der Waals surface area (Å²) in [6.07, 6.45) is 0. The molecule has 0 fully saturated rings. The minimum Gasteiger partial charge on any atom is -0.306 e. The molecule has 6 heteroatoms. The summed E-state index contributed by atoms with van der Waals surface area (Å²) in [5, 5.41) is 7.87. The Kier molecular flexibility index (Phi) is 5.60. The predicted octanol–water partition coefficient (Wildman–Crippen LogP) is 5.72. The van der Waals surface area contributed by atoms with Gasteiger partial charge in [-0.25, -0.2) is 4.68 Å². The average molecular weight is 454 g/mol. The van der Waals surface area contributed by atoms with Crippen LogP contribution in [0.5, 0.6) is 0 Å². The summed E-state index contributed by atoms with van der Waals surface area (Å²) < 4.78 is 1.84. The first-order valence-corrected chi connectivity index (χ1v) is 11.9. The van der Waals surface area contributed by atoms with Crippen molar-refractivity contribution in [3.63, 3.8) is 0 Å². The zero-order chi connectivity index (χ0) is 22.9. The monoisotopic (exact) mass is 453 g/mol. The summed E-state index contributed by atoms with van der Waals surface area (Å²) in [7, 11) is 0. The topological polar surface area (TPSA) is 64.0 Å². The van der Waals surface area contributed by atoms with Crippen molar-refractivity contribution >= 4 is 29.3 Å². The molecule has 1 aliphatic rings. The highest BCUT2D eigenvalue weighted by molar-refractivity contribution is 7.98. The summed E-state index contributed by atoms with van der Waals surface area (Å²) in [6, 6.07) is 22.1. The van der Waals surface area contributed by atoms with Crippen LogP contribution in [0.4, 0.5) is 5.82 Å². The Morgan fingerprint density at radius 1 is 0.848 bits per heavy atom. The number of ketones is 1. The molecule has 0 saturated heterocycles. The minimum absolute atomic E-state index is 0.0646. The van der Waals surface area contributed by atoms with Crippen LogP contribution in [-0.2, 0) is 11.5 Å². The zero-order valence-electron chi connectivity index (χ0n) is 18.5. The molecule has 4 aromatic rings. The van der Waals surface area contributed by atoms with Crippen LogP contribution in [0.25, 0.3) is 5.69 Å². The van der Waals surface area contributed by atoms with Gasteiger partial charge in [-0.2, -0.15) is 16.9 Å². The first kappa shape index (κ1) is 21.2. The number of hydrogen-bond acceptors (Lipinski definition) is 4. The highest BCUT2D eigenvalue weighted by atomic mass is 32.2. The molecule has 33 heavy (non-hydrogen) atoms. The van der Waals surface area contributed by atoms with E-state index < -0.39 is 0 Å². The molecule has 1 N–H and O–H groups in total. The van der Waals surface area contributed by atoms with E-state index in [0.29, 0.717) is 22.5 Å². The van der Waals surface area contributed by atoms with Crippen LogP contribution in [-0.4, -0.2) is 21.5 Å². The molecule has 0 spiro atoms. The van der Waals surface area contributed by atoms with Crippen LogP contribution in [0.2, 0.25) is 0 Å². The molecule has 0 aliphatic carbocycles. The second-order valence-electron chi connectivity index (χ2n) is 8.17. The number of fused-ring (bicyclic) bond motifs is 1. The van der Waals surface area contributed by atoms with Crippen molar-refractivity contribution in [2.24, 2.45) is 0 Å². The van der Waals surface area contributed by atoms with E-state index in [4.69, 9.17) is 5.10 Å². The second-order valence-corrected chi connectivity index (χ2v) is 9.16. The third-order valence-corrected chi connectivity index (χ3v) is 6.93. The fourth-order valence-electron chi connectivity index (χ4n) is 3.89. The van der Waals surface area contributed by atoms with Gasteiger partial charge in [-0.05, 0) is 49.2 Å². The number of anilines is 1. The lowest BCUT2D eigenvalue weighted by Crippen LogP contribution is -2.16. The average Bonchev–Trinajstić information content (AvgIpc) is 3.44. The van der Waals surface area contributed by atoms with Crippen molar-refractivity contribution in [3.05, 3.63) is 112 Å². The molecule has 1 amide bonds. The Labute approximate surface area is 196 Å². The maximum Gasteiger partial charge on any atom is 0.256 e. The number of hydrogen-bond donors (Lipinski definition) is 1. The number of aryl methyl sites for hydroxylation is 2. The maximum absolute atomic E-state index is 13.1. The van der Waals surface area contributed by atoms with Gasteiger partial charge in [-0.3, -0.25) is 9.59 Å². The van der Waals surface area contributed by atoms with E-state index in [-0.39, 0.29) is 11.7 Å². The van der Waals surface area contributed by atoms with Gasteiger partial charge in [0.05, 0.1) is 11.4 Å². The lowest BCUT2D eigenvalue weighted by molar-refractivity contribution is 0.101. The number of benzene rings is 3. The largest absolute Gasteiger partial charge is 0.306 e. The van der Waals surface area contributed by atoms with E-state index in [2.05, 4.69) is 31.3 Å². The number of nitrogens with zero attached hydrogens (tertiary/aromatic N) is 2. The number of aromatic nitrogens is 2. The van der Waals surface area contributed by atoms with Crippen LogP contribution in [0.3, 0.4) is 0 Å². The fourth-order valence-corrected chi connectivity index (χ4v) is 4.93. The van der Waals surface area contributed by atoms with E-state index in [1.54, 1.807) is 48.2 Å². The Hall–Kier alpha value is -3.64. The first-order chi connectivity index (χ1) is 16.0. The van der Waals surface area contributed by atoms with Crippen molar-refractivity contribution in [1.29, 1.82) is 0 Å². The van der Waals surface area contributed by atoms with Crippen LogP contribution in [0, 0.1) is 13.8 Å². The molecule has 0 saturated carbocycles. The Balaban J connectivity index is 1.42. The second kappa shape index (κ2) is 8.71. The summed E-state index contributed by atoms with van der Waals surface area (Å²) in [5.41, 5.74) is 7.07. The molecule has 0 atom stereocenters. The smallest absolute Gasteiger partial charge is 0.256 e. The molecule has 0 bridgehead atoms. The highest BCUT2D eigenvalue weighted by Gasteiger charge is 2.25. The van der Waals surface area contributed by atoms with E-state index in [1.165, 1.54) is 11.1 Å². The van der Waals surface area contributed by atoms with Gasteiger partial charge < -0.3 is 5.32 Å². The van der Waals surface area contributed by atoms with Gasteiger partial charge in [-0.1, -0.05) is 48.5 Å². The van der Waals surface area contributed by atoms with E-state index >= 15 is 0 Å². The number of amides is 1. The first-order valence-electron chi connectivity index (χ1n) is 10.8. The molecule has 2 heterocycles. The predicted molar refractivity (Wildman–Crippen MR) is 132 cm³/mol. The third-order valence-electron chi connectivity index (χ3n) is 5.96. The quantitative estimate of drug-likeness (QED) is 0.393. The fraction of sp³-hybridized carbons (Fsp3) is 0.148. The standard InChI is InChI=1S/C27H23N3O2S/c1-17-8-13-22(14-18(17)2)30-26(23-15-33-16-24(23)29-30)28-27(32)21-11-9-20(10-12-21)25(31)19-6-4-3-5-7-19/h3-14H,15-16H2,1-2H3,(H,28,32). The number of carbonyl (C=O) groups excluding carboxylic acids is 2. The van der Waals surface area contributed by atoms with Crippen LogP contribution < -0.4 is 5.32 Å². The summed E-state index contributed by atoms with van der Waals surface area (Å²) in [6.45, 7) is 4.15.